The second-order valence-corrected chi connectivity index (χ2v) is 4.82. The van der Waals surface area contributed by atoms with E-state index >= 15 is 0 Å². The first-order chi connectivity index (χ1) is 8.70. The second kappa shape index (κ2) is 5.79. The van der Waals surface area contributed by atoms with E-state index in [-0.39, 0.29) is 5.91 Å². The fourth-order valence-electron chi connectivity index (χ4n) is 1.31. The topological polar surface area (TPSA) is 66.9 Å². The van der Waals surface area contributed by atoms with E-state index in [0.29, 0.717) is 21.7 Å². The van der Waals surface area contributed by atoms with Gasteiger partial charge in [0.1, 0.15) is 0 Å². The summed E-state index contributed by atoms with van der Waals surface area (Å²) in [4.78, 5) is 11.8. The molecule has 0 atom stereocenters. The molecule has 2 aromatic rings. The van der Waals surface area contributed by atoms with Crippen LogP contribution in [0, 0.1) is 0 Å². The van der Waals surface area contributed by atoms with Crippen LogP contribution in [0.15, 0.2) is 24.3 Å². The van der Waals surface area contributed by atoms with Gasteiger partial charge in [-0.1, -0.05) is 41.1 Å². The summed E-state index contributed by atoms with van der Waals surface area (Å²) >= 11 is 7.20. The molecule has 1 aromatic heterocycles. The quantitative estimate of drug-likeness (QED) is 0.902. The van der Waals surface area contributed by atoms with Gasteiger partial charge in [0.15, 0.2) is 0 Å². The lowest BCUT2D eigenvalue weighted by molar-refractivity contribution is 0.0950. The number of carbonyl (C=O) groups is 1. The van der Waals surface area contributed by atoms with Gasteiger partial charge in [0.05, 0.1) is 0 Å². The highest BCUT2D eigenvalue weighted by atomic mass is 35.5. The van der Waals surface area contributed by atoms with Crippen molar-refractivity contribution in [1.29, 1.82) is 0 Å². The summed E-state index contributed by atoms with van der Waals surface area (Å²) in [6.07, 6.45) is 0. The Morgan fingerprint density at radius 1 is 1.39 bits per heavy atom. The molecule has 0 unspecified atom stereocenters. The Morgan fingerprint density at radius 3 is 2.83 bits per heavy atom. The van der Waals surface area contributed by atoms with E-state index in [0.717, 1.165) is 5.56 Å². The lowest BCUT2D eigenvalue weighted by Gasteiger charge is -2.04. The number of amides is 1. The SMILES string of the molecule is CNc1nnc(C(=O)NCc2ccccc2Cl)s1. The van der Waals surface area contributed by atoms with Crippen molar-refractivity contribution >= 4 is 34.0 Å². The maximum atomic E-state index is 11.8. The van der Waals surface area contributed by atoms with E-state index in [1.54, 1.807) is 13.1 Å². The highest BCUT2D eigenvalue weighted by molar-refractivity contribution is 7.17. The van der Waals surface area contributed by atoms with Crippen molar-refractivity contribution < 1.29 is 4.79 Å². The van der Waals surface area contributed by atoms with Crippen LogP contribution < -0.4 is 10.6 Å². The Hall–Kier alpha value is -1.66. The fourth-order valence-corrected chi connectivity index (χ4v) is 2.12. The first kappa shape index (κ1) is 12.8. The molecule has 0 fully saturated rings. The van der Waals surface area contributed by atoms with Crippen molar-refractivity contribution in [2.45, 2.75) is 6.54 Å². The van der Waals surface area contributed by atoms with Crippen molar-refractivity contribution in [2.24, 2.45) is 0 Å². The normalized spacial score (nSPS) is 10.1. The second-order valence-electron chi connectivity index (χ2n) is 3.44. The maximum absolute atomic E-state index is 11.8. The molecule has 0 spiro atoms. The van der Waals surface area contributed by atoms with Crippen molar-refractivity contribution in [2.75, 3.05) is 12.4 Å². The molecule has 0 aliphatic heterocycles. The third-order valence-corrected chi connectivity index (χ3v) is 3.54. The number of hydrogen-bond donors (Lipinski definition) is 2. The molecule has 1 heterocycles. The molecule has 2 N–H and O–H groups in total. The van der Waals surface area contributed by atoms with E-state index < -0.39 is 0 Å². The number of nitrogens with one attached hydrogen (secondary N) is 2. The standard InChI is InChI=1S/C11H11ClN4OS/c1-13-11-16-15-10(18-11)9(17)14-6-7-4-2-3-5-8(7)12/h2-5H,6H2,1H3,(H,13,16)(H,14,17). The molecule has 1 amide bonds. The van der Waals surface area contributed by atoms with Crippen LogP contribution in [0.3, 0.4) is 0 Å². The molecular weight excluding hydrogens is 272 g/mol. The minimum atomic E-state index is -0.256. The minimum absolute atomic E-state index is 0.256. The summed E-state index contributed by atoms with van der Waals surface area (Å²) in [6, 6.07) is 7.36. The van der Waals surface area contributed by atoms with E-state index in [1.165, 1.54) is 11.3 Å². The number of benzene rings is 1. The monoisotopic (exact) mass is 282 g/mol. The van der Waals surface area contributed by atoms with Gasteiger partial charge in [-0.2, -0.15) is 0 Å². The van der Waals surface area contributed by atoms with Gasteiger partial charge in [0.25, 0.3) is 5.91 Å². The molecule has 0 aliphatic carbocycles. The number of aromatic nitrogens is 2. The molecule has 2 rings (SSSR count). The Morgan fingerprint density at radius 2 is 2.17 bits per heavy atom. The summed E-state index contributed by atoms with van der Waals surface area (Å²) in [5.41, 5.74) is 0.867. The van der Waals surface area contributed by atoms with Gasteiger partial charge in [0, 0.05) is 18.6 Å². The predicted octanol–water partition coefficient (Wildman–Crippen LogP) is 2.16. The summed E-state index contributed by atoms with van der Waals surface area (Å²) in [5.74, 6) is -0.256. The average Bonchev–Trinajstić information content (AvgIpc) is 2.86. The van der Waals surface area contributed by atoms with Gasteiger partial charge in [-0.05, 0) is 11.6 Å². The Balaban J connectivity index is 1.98. The molecule has 0 aliphatic rings. The lowest BCUT2D eigenvalue weighted by atomic mass is 10.2. The van der Waals surface area contributed by atoms with Crippen molar-refractivity contribution in [3.05, 3.63) is 39.9 Å². The van der Waals surface area contributed by atoms with Gasteiger partial charge in [-0.25, -0.2) is 0 Å². The molecule has 1 aromatic carbocycles. The molecule has 18 heavy (non-hydrogen) atoms. The number of carbonyl (C=O) groups excluding carboxylic acids is 1. The van der Waals surface area contributed by atoms with Gasteiger partial charge < -0.3 is 10.6 Å². The van der Waals surface area contributed by atoms with Crippen LogP contribution in [-0.4, -0.2) is 23.2 Å². The first-order valence-electron chi connectivity index (χ1n) is 5.23. The maximum Gasteiger partial charge on any atom is 0.282 e. The average molecular weight is 283 g/mol. The number of hydrogen-bond acceptors (Lipinski definition) is 5. The lowest BCUT2D eigenvalue weighted by Crippen LogP contribution is -2.22. The fraction of sp³-hybridized carbons (Fsp3) is 0.182. The molecule has 5 nitrogen and oxygen atoms in total. The molecule has 0 bridgehead atoms. The summed E-state index contributed by atoms with van der Waals surface area (Å²) in [5, 5.41) is 14.7. The zero-order chi connectivity index (χ0) is 13.0. The van der Waals surface area contributed by atoms with Crippen LogP contribution in [0.2, 0.25) is 5.02 Å². The minimum Gasteiger partial charge on any atom is -0.363 e. The van der Waals surface area contributed by atoms with Crippen LogP contribution in [0.5, 0.6) is 0 Å². The summed E-state index contributed by atoms with van der Waals surface area (Å²) < 4.78 is 0. The molecule has 0 radical (unpaired) electrons. The summed E-state index contributed by atoms with van der Waals surface area (Å²) in [7, 11) is 1.73. The third kappa shape index (κ3) is 2.96. The van der Waals surface area contributed by atoms with E-state index in [9.17, 15) is 4.79 Å². The smallest absolute Gasteiger partial charge is 0.282 e. The van der Waals surface area contributed by atoms with Crippen molar-refractivity contribution in [1.82, 2.24) is 15.5 Å². The van der Waals surface area contributed by atoms with Crippen LogP contribution in [0.25, 0.3) is 0 Å². The molecule has 0 saturated carbocycles. The number of rotatable bonds is 4. The van der Waals surface area contributed by atoms with E-state index in [4.69, 9.17) is 11.6 Å². The Kier molecular flexibility index (Phi) is 4.11. The molecule has 0 saturated heterocycles. The number of nitrogens with zero attached hydrogens (tertiary/aromatic N) is 2. The van der Waals surface area contributed by atoms with Crippen LogP contribution in [-0.2, 0) is 6.54 Å². The largest absolute Gasteiger partial charge is 0.363 e. The Bertz CT molecular complexity index is 557. The Labute approximate surface area is 113 Å². The van der Waals surface area contributed by atoms with E-state index in [1.807, 2.05) is 18.2 Å². The highest BCUT2D eigenvalue weighted by Gasteiger charge is 2.12. The highest BCUT2D eigenvalue weighted by Crippen LogP contribution is 2.16. The number of anilines is 1. The van der Waals surface area contributed by atoms with Crippen LogP contribution in [0.4, 0.5) is 5.13 Å². The van der Waals surface area contributed by atoms with Gasteiger partial charge in [0.2, 0.25) is 10.1 Å². The van der Waals surface area contributed by atoms with Gasteiger partial charge >= 0.3 is 0 Å². The van der Waals surface area contributed by atoms with Gasteiger partial charge in [-0.3, -0.25) is 4.79 Å². The van der Waals surface area contributed by atoms with Crippen molar-refractivity contribution in [3.8, 4) is 0 Å². The summed E-state index contributed by atoms with van der Waals surface area (Å²) in [6.45, 7) is 0.368. The zero-order valence-corrected chi connectivity index (χ0v) is 11.2. The molecule has 94 valence electrons. The third-order valence-electron chi connectivity index (χ3n) is 2.23. The zero-order valence-electron chi connectivity index (χ0n) is 9.61. The van der Waals surface area contributed by atoms with E-state index in [2.05, 4.69) is 20.8 Å². The van der Waals surface area contributed by atoms with Crippen LogP contribution >= 0.6 is 22.9 Å². The van der Waals surface area contributed by atoms with Gasteiger partial charge in [-0.15, -0.1) is 10.2 Å². The molecule has 7 heteroatoms. The number of halogens is 1. The predicted molar refractivity (Wildman–Crippen MR) is 72.1 cm³/mol. The first-order valence-corrected chi connectivity index (χ1v) is 6.43. The molecular formula is C11H11ClN4OS. The van der Waals surface area contributed by atoms with Crippen LogP contribution in [0.1, 0.15) is 15.4 Å². The van der Waals surface area contributed by atoms with Crippen molar-refractivity contribution in [3.63, 3.8) is 0 Å².